The Labute approximate surface area is 170 Å². The van der Waals surface area contributed by atoms with Crippen molar-refractivity contribution in [2.24, 2.45) is 0 Å². The number of benzene rings is 2. The Bertz CT molecular complexity index is 910. The Morgan fingerprint density at radius 1 is 1.11 bits per heavy atom. The van der Waals surface area contributed by atoms with Crippen LogP contribution in [0.15, 0.2) is 72.9 Å². The fourth-order valence-corrected chi connectivity index (χ4v) is 3.52. The molecular formula is C23H24ClFN2O. The summed E-state index contributed by atoms with van der Waals surface area (Å²) in [5.41, 5.74) is 2.67. The molecule has 5 heteroatoms. The third-order valence-corrected chi connectivity index (χ3v) is 5.07. The van der Waals surface area contributed by atoms with Crippen molar-refractivity contribution < 1.29 is 9.18 Å². The number of hydrogen-bond donors (Lipinski definition) is 0. The van der Waals surface area contributed by atoms with Crippen molar-refractivity contribution >= 4 is 17.5 Å². The van der Waals surface area contributed by atoms with Crippen LogP contribution in [0.3, 0.4) is 0 Å². The van der Waals surface area contributed by atoms with Crippen molar-refractivity contribution in [3.05, 3.63) is 95.6 Å². The number of halogens is 2. The van der Waals surface area contributed by atoms with E-state index in [4.69, 9.17) is 11.6 Å². The fraction of sp³-hybridized carbons (Fsp3) is 0.261. The number of nitrogens with zero attached hydrogens (tertiary/aromatic N) is 2. The smallest absolute Gasteiger partial charge is 0.245 e. The van der Waals surface area contributed by atoms with E-state index in [2.05, 4.69) is 0 Å². The second kappa shape index (κ2) is 9.56. The van der Waals surface area contributed by atoms with E-state index in [0.717, 1.165) is 23.2 Å². The first kappa shape index (κ1) is 20.2. The van der Waals surface area contributed by atoms with Crippen molar-refractivity contribution in [3.63, 3.8) is 0 Å². The Morgan fingerprint density at radius 2 is 1.89 bits per heavy atom. The van der Waals surface area contributed by atoms with Gasteiger partial charge in [-0.25, -0.2) is 4.39 Å². The zero-order valence-electron chi connectivity index (χ0n) is 15.9. The summed E-state index contributed by atoms with van der Waals surface area (Å²) in [6.07, 6.45) is 2.79. The highest BCUT2D eigenvalue weighted by Crippen LogP contribution is 2.24. The summed E-state index contributed by atoms with van der Waals surface area (Å²) in [5, 5.41) is -0.709. The summed E-state index contributed by atoms with van der Waals surface area (Å²) in [5.74, 6) is -0.352. The maximum absolute atomic E-state index is 13.5. The molecule has 2 aromatic carbocycles. The number of carbonyl (C=O) groups excluding carboxylic acids is 1. The van der Waals surface area contributed by atoms with E-state index in [0.29, 0.717) is 19.6 Å². The van der Waals surface area contributed by atoms with E-state index in [-0.39, 0.29) is 11.7 Å². The molecule has 1 unspecified atom stereocenters. The zero-order chi connectivity index (χ0) is 19.9. The van der Waals surface area contributed by atoms with E-state index >= 15 is 0 Å². The largest absolute Gasteiger partial charge is 0.345 e. The lowest BCUT2D eigenvalue weighted by Gasteiger charge is -2.25. The highest BCUT2D eigenvalue weighted by molar-refractivity contribution is 6.30. The van der Waals surface area contributed by atoms with E-state index in [1.54, 1.807) is 11.0 Å². The van der Waals surface area contributed by atoms with Crippen LogP contribution >= 0.6 is 11.6 Å². The molecule has 0 N–H and O–H groups in total. The van der Waals surface area contributed by atoms with Gasteiger partial charge in [-0.1, -0.05) is 49.4 Å². The summed E-state index contributed by atoms with van der Waals surface area (Å²) in [6.45, 7) is 3.68. The second-order valence-corrected chi connectivity index (χ2v) is 7.23. The molecule has 1 atom stereocenters. The number of carbonyl (C=O) groups is 1. The average Bonchev–Trinajstić information content (AvgIpc) is 3.14. The summed E-state index contributed by atoms with van der Waals surface area (Å²) in [4.78, 5) is 14.8. The van der Waals surface area contributed by atoms with Gasteiger partial charge in [0.25, 0.3) is 0 Å². The van der Waals surface area contributed by atoms with Crippen molar-refractivity contribution in [2.45, 2.75) is 31.8 Å². The van der Waals surface area contributed by atoms with Gasteiger partial charge in [-0.05, 0) is 41.8 Å². The van der Waals surface area contributed by atoms with Crippen LogP contribution in [0.4, 0.5) is 4.39 Å². The van der Waals surface area contributed by atoms with Crippen molar-refractivity contribution in [3.8, 4) is 0 Å². The van der Waals surface area contributed by atoms with Crippen LogP contribution in [0.25, 0.3) is 0 Å². The normalized spacial score (nSPS) is 12.0. The van der Waals surface area contributed by atoms with Gasteiger partial charge in [0.1, 0.15) is 11.2 Å². The molecule has 0 spiro atoms. The minimum Gasteiger partial charge on any atom is -0.345 e. The number of alkyl halides is 1. The van der Waals surface area contributed by atoms with Crippen LogP contribution in [0.2, 0.25) is 0 Å². The molecule has 28 heavy (non-hydrogen) atoms. The lowest BCUT2D eigenvalue weighted by atomic mass is 10.1. The van der Waals surface area contributed by atoms with Crippen LogP contribution in [0.5, 0.6) is 0 Å². The van der Waals surface area contributed by atoms with Gasteiger partial charge < -0.3 is 9.47 Å². The molecule has 0 bridgehead atoms. The van der Waals surface area contributed by atoms with E-state index in [1.165, 1.54) is 12.1 Å². The van der Waals surface area contributed by atoms with Crippen LogP contribution in [0, 0.1) is 5.82 Å². The monoisotopic (exact) mass is 398 g/mol. The molecule has 3 rings (SSSR count). The molecule has 146 valence electrons. The third kappa shape index (κ3) is 5.02. The summed E-state index contributed by atoms with van der Waals surface area (Å²) >= 11 is 6.47. The second-order valence-electron chi connectivity index (χ2n) is 6.79. The van der Waals surface area contributed by atoms with Crippen LogP contribution in [-0.2, 0) is 17.9 Å². The van der Waals surface area contributed by atoms with Crippen LogP contribution in [-0.4, -0.2) is 21.9 Å². The molecule has 1 amide bonds. The minimum atomic E-state index is -0.709. The number of hydrogen-bond acceptors (Lipinski definition) is 1. The molecule has 0 aliphatic heterocycles. The lowest BCUT2D eigenvalue weighted by molar-refractivity contribution is -0.131. The van der Waals surface area contributed by atoms with Gasteiger partial charge in [-0.15, -0.1) is 11.6 Å². The summed E-state index contributed by atoms with van der Waals surface area (Å²) < 4.78 is 15.5. The first-order valence-corrected chi connectivity index (χ1v) is 9.88. The van der Waals surface area contributed by atoms with Crippen LogP contribution in [0.1, 0.15) is 35.5 Å². The van der Waals surface area contributed by atoms with Crippen molar-refractivity contribution in [1.29, 1.82) is 0 Å². The molecule has 0 aliphatic rings. The van der Waals surface area contributed by atoms with Crippen molar-refractivity contribution in [1.82, 2.24) is 9.47 Å². The SMILES string of the molecule is CCCN(Cc1cccn1Cc1cccc(F)c1)C(=O)C(Cl)c1ccccc1. The maximum Gasteiger partial charge on any atom is 0.245 e. The van der Waals surface area contributed by atoms with Gasteiger partial charge in [0, 0.05) is 25.0 Å². The standard InChI is InChI=1S/C23H24ClFN2O/c1-2-13-27(23(28)22(24)19-9-4-3-5-10-19)17-21-12-7-14-26(21)16-18-8-6-11-20(25)15-18/h3-12,14-15,22H,2,13,16-17H2,1H3. The predicted octanol–water partition coefficient (Wildman–Crippen LogP) is 5.39. The number of aromatic nitrogens is 1. The van der Waals surface area contributed by atoms with Gasteiger partial charge in [0.05, 0.1) is 6.54 Å². The highest BCUT2D eigenvalue weighted by Gasteiger charge is 2.24. The lowest BCUT2D eigenvalue weighted by Crippen LogP contribution is -2.34. The first-order valence-electron chi connectivity index (χ1n) is 9.44. The molecule has 0 saturated heterocycles. The maximum atomic E-state index is 13.5. The van der Waals surface area contributed by atoms with E-state index < -0.39 is 5.38 Å². The van der Waals surface area contributed by atoms with Gasteiger partial charge >= 0.3 is 0 Å². The van der Waals surface area contributed by atoms with E-state index in [9.17, 15) is 9.18 Å². The quantitative estimate of drug-likeness (QED) is 0.467. The third-order valence-electron chi connectivity index (χ3n) is 4.63. The molecule has 0 saturated carbocycles. The highest BCUT2D eigenvalue weighted by atomic mass is 35.5. The van der Waals surface area contributed by atoms with Gasteiger partial charge in [-0.2, -0.15) is 0 Å². The fourth-order valence-electron chi connectivity index (χ4n) is 3.24. The number of rotatable bonds is 8. The molecule has 1 heterocycles. The molecule has 0 fully saturated rings. The molecule has 3 aromatic rings. The van der Waals surface area contributed by atoms with Crippen molar-refractivity contribution in [2.75, 3.05) is 6.54 Å². The molecule has 3 nitrogen and oxygen atoms in total. The zero-order valence-corrected chi connectivity index (χ0v) is 16.6. The number of amides is 1. The summed E-state index contributed by atoms with van der Waals surface area (Å²) in [7, 11) is 0. The van der Waals surface area contributed by atoms with Gasteiger partial charge in [-0.3, -0.25) is 4.79 Å². The molecule has 1 aromatic heterocycles. The predicted molar refractivity (Wildman–Crippen MR) is 111 cm³/mol. The molecule has 0 radical (unpaired) electrons. The Kier molecular flexibility index (Phi) is 6.88. The van der Waals surface area contributed by atoms with Gasteiger partial charge in [0.2, 0.25) is 5.91 Å². The topological polar surface area (TPSA) is 25.2 Å². The average molecular weight is 399 g/mol. The molecule has 0 aliphatic carbocycles. The van der Waals surface area contributed by atoms with E-state index in [1.807, 2.05) is 66.2 Å². The molecular weight excluding hydrogens is 375 g/mol. The minimum absolute atomic E-state index is 0.103. The van der Waals surface area contributed by atoms with Crippen LogP contribution < -0.4 is 0 Å². The Hall–Kier alpha value is -2.59. The Balaban J connectivity index is 1.76. The van der Waals surface area contributed by atoms with Gasteiger partial charge in [0.15, 0.2) is 0 Å². The first-order chi connectivity index (χ1) is 13.6. The Morgan fingerprint density at radius 3 is 2.61 bits per heavy atom. The summed E-state index contributed by atoms with van der Waals surface area (Å²) in [6, 6.07) is 19.9.